The van der Waals surface area contributed by atoms with E-state index in [-0.39, 0.29) is 42.6 Å². The standard InChI is InChI=1S/C14H8O2.Na.H2O4S.H/c15-13-9-5-1-2-6-10(9)14(16)12-8-4-3-7-11(12)13;;1-5(2,3)4;/h1-8H;;(H2,1,2,3,4);/q;+1;;-1. The molecule has 8 heteroatoms. The number of fused-ring (bicyclic) bond motifs is 2. The Hall–Kier alpha value is -1.35. The van der Waals surface area contributed by atoms with E-state index in [9.17, 15) is 9.59 Å². The van der Waals surface area contributed by atoms with Crippen LogP contribution in [-0.2, 0) is 10.4 Å². The van der Waals surface area contributed by atoms with Crippen molar-refractivity contribution in [3.8, 4) is 0 Å². The molecule has 6 nitrogen and oxygen atoms in total. The molecule has 1 aliphatic rings. The summed E-state index contributed by atoms with van der Waals surface area (Å²) in [6.45, 7) is 0. The van der Waals surface area contributed by atoms with Crippen molar-refractivity contribution >= 4 is 22.0 Å². The molecule has 1 aliphatic carbocycles. The van der Waals surface area contributed by atoms with Gasteiger partial charge in [-0.1, -0.05) is 48.5 Å². The van der Waals surface area contributed by atoms with Gasteiger partial charge < -0.3 is 1.43 Å². The quantitative estimate of drug-likeness (QED) is 0.401. The summed E-state index contributed by atoms with van der Waals surface area (Å²) in [5.41, 5.74) is 2.02. The van der Waals surface area contributed by atoms with Gasteiger partial charge in [0, 0.05) is 22.3 Å². The first-order valence-corrected chi connectivity index (χ1v) is 7.16. The van der Waals surface area contributed by atoms with Crippen LogP contribution in [0.5, 0.6) is 0 Å². The summed E-state index contributed by atoms with van der Waals surface area (Å²) >= 11 is 0. The van der Waals surface area contributed by atoms with Gasteiger partial charge in [-0.15, -0.1) is 0 Å². The molecule has 110 valence electrons. The number of carbonyl (C=O) groups is 2. The molecule has 2 aromatic rings. The molecule has 22 heavy (non-hydrogen) atoms. The van der Waals surface area contributed by atoms with Crippen LogP contribution in [0.15, 0.2) is 48.5 Å². The largest absolute Gasteiger partial charge is 1.00 e. The molecule has 0 aromatic heterocycles. The zero-order chi connectivity index (χ0) is 15.6. The van der Waals surface area contributed by atoms with Gasteiger partial charge in [0.25, 0.3) is 0 Å². The molecule has 0 fully saturated rings. The van der Waals surface area contributed by atoms with E-state index in [1.54, 1.807) is 48.5 Å². The Morgan fingerprint density at radius 2 is 0.864 bits per heavy atom. The summed E-state index contributed by atoms with van der Waals surface area (Å²) in [6, 6.07) is 13.9. The minimum absolute atomic E-state index is 0. The minimum atomic E-state index is -4.67. The van der Waals surface area contributed by atoms with Gasteiger partial charge in [-0.25, -0.2) is 0 Å². The monoisotopic (exact) mass is 330 g/mol. The molecule has 0 spiro atoms. The average Bonchev–Trinajstić information content (AvgIpc) is 2.43. The van der Waals surface area contributed by atoms with Gasteiger partial charge in [0.1, 0.15) is 0 Å². The fourth-order valence-corrected chi connectivity index (χ4v) is 2.05. The van der Waals surface area contributed by atoms with Crippen molar-refractivity contribution in [3.63, 3.8) is 0 Å². The molecule has 2 N–H and O–H groups in total. The first kappa shape index (κ1) is 18.7. The van der Waals surface area contributed by atoms with Gasteiger partial charge >= 0.3 is 40.0 Å². The van der Waals surface area contributed by atoms with Crippen LogP contribution in [0.2, 0.25) is 0 Å². The molecule has 0 aliphatic heterocycles. The van der Waals surface area contributed by atoms with Crippen LogP contribution in [0.25, 0.3) is 0 Å². The van der Waals surface area contributed by atoms with Gasteiger partial charge in [0.15, 0.2) is 11.6 Å². The average molecular weight is 330 g/mol. The Bertz CT molecular complexity index is 721. The number of ketones is 2. The second-order valence-electron chi connectivity index (χ2n) is 4.20. The van der Waals surface area contributed by atoms with E-state index >= 15 is 0 Å². The molecule has 2 aromatic carbocycles. The predicted molar refractivity (Wildman–Crippen MR) is 75.0 cm³/mol. The van der Waals surface area contributed by atoms with Gasteiger partial charge in [-0.3, -0.25) is 18.7 Å². The Kier molecular flexibility index (Phi) is 6.18. The second kappa shape index (κ2) is 7.28. The van der Waals surface area contributed by atoms with Crippen molar-refractivity contribution in [3.05, 3.63) is 70.8 Å². The number of rotatable bonds is 0. The van der Waals surface area contributed by atoms with Crippen LogP contribution < -0.4 is 29.6 Å². The smallest absolute Gasteiger partial charge is 1.00 e. The SMILES string of the molecule is O=C1c2ccccc2C(=O)c2ccccc21.O=S(=O)(O)O.[H-].[Na+]. The first-order valence-electron chi connectivity index (χ1n) is 5.76. The molecule has 3 rings (SSSR count). The third-order valence-corrected chi connectivity index (χ3v) is 2.83. The summed E-state index contributed by atoms with van der Waals surface area (Å²) in [7, 11) is -4.67. The molecule has 0 atom stereocenters. The van der Waals surface area contributed by atoms with Crippen molar-refractivity contribution in [2.45, 2.75) is 0 Å². The van der Waals surface area contributed by atoms with Crippen molar-refractivity contribution in [2.24, 2.45) is 0 Å². The normalized spacial score (nSPS) is 12.3. The summed E-state index contributed by atoms with van der Waals surface area (Å²) in [5, 5.41) is 0. The third kappa shape index (κ3) is 4.33. The molecular weight excluding hydrogens is 319 g/mol. The summed E-state index contributed by atoms with van der Waals surface area (Å²) in [6.07, 6.45) is 0. The van der Waals surface area contributed by atoms with Gasteiger partial charge in [-0.05, 0) is 0 Å². The summed E-state index contributed by atoms with van der Waals surface area (Å²) < 4.78 is 31.6. The molecule has 0 heterocycles. The van der Waals surface area contributed by atoms with Gasteiger partial charge in [-0.2, -0.15) is 8.42 Å². The second-order valence-corrected chi connectivity index (χ2v) is 5.09. The molecule has 0 saturated heterocycles. The van der Waals surface area contributed by atoms with Crippen molar-refractivity contribution in [1.82, 2.24) is 0 Å². The molecular formula is C14H11NaO6S. The third-order valence-electron chi connectivity index (χ3n) is 2.83. The predicted octanol–water partition coefficient (Wildman–Crippen LogP) is -1.07. The molecule has 0 amide bonds. The number of carbonyl (C=O) groups excluding carboxylic acids is 2. The topological polar surface area (TPSA) is 109 Å². The number of hydrogen-bond acceptors (Lipinski definition) is 4. The van der Waals surface area contributed by atoms with Crippen LogP contribution in [0.1, 0.15) is 33.3 Å². The maximum Gasteiger partial charge on any atom is 1.00 e. The van der Waals surface area contributed by atoms with Gasteiger partial charge in [0.2, 0.25) is 0 Å². The Morgan fingerprint density at radius 1 is 0.682 bits per heavy atom. The zero-order valence-corrected chi connectivity index (χ0v) is 14.4. The molecule has 0 radical (unpaired) electrons. The molecule has 0 unspecified atom stereocenters. The van der Waals surface area contributed by atoms with Crippen LogP contribution in [0, 0.1) is 0 Å². The fraction of sp³-hybridized carbons (Fsp3) is 0. The van der Waals surface area contributed by atoms with E-state index in [0.29, 0.717) is 22.3 Å². The Balaban J connectivity index is 0.000000615. The van der Waals surface area contributed by atoms with E-state index in [1.165, 1.54) is 0 Å². The summed E-state index contributed by atoms with van der Waals surface area (Å²) in [4.78, 5) is 24.2. The Labute approximate surface area is 150 Å². The maximum atomic E-state index is 12.1. The van der Waals surface area contributed by atoms with Gasteiger partial charge in [0.05, 0.1) is 0 Å². The van der Waals surface area contributed by atoms with Crippen molar-refractivity contribution < 1.29 is 58.1 Å². The number of hydrogen-bond donors (Lipinski definition) is 2. The number of benzene rings is 2. The Morgan fingerprint density at radius 3 is 1.05 bits per heavy atom. The van der Waals surface area contributed by atoms with E-state index < -0.39 is 10.4 Å². The molecule has 0 bridgehead atoms. The first-order chi connectivity index (χ1) is 9.79. The van der Waals surface area contributed by atoms with Crippen LogP contribution in [0.4, 0.5) is 0 Å². The van der Waals surface area contributed by atoms with Crippen LogP contribution in [-0.4, -0.2) is 29.1 Å². The maximum absolute atomic E-state index is 12.1. The van der Waals surface area contributed by atoms with Crippen LogP contribution in [0.3, 0.4) is 0 Å². The fourth-order valence-electron chi connectivity index (χ4n) is 2.05. The van der Waals surface area contributed by atoms with E-state index in [2.05, 4.69) is 0 Å². The van der Waals surface area contributed by atoms with E-state index in [1.807, 2.05) is 0 Å². The van der Waals surface area contributed by atoms with E-state index in [0.717, 1.165) is 0 Å². The van der Waals surface area contributed by atoms with E-state index in [4.69, 9.17) is 17.5 Å². The van der Waals surface area contributed by atoms with Crippen LogP contribution >= 0.6 is 0 Å². The minimum Gasteiger partial charge on any atom is -1.00 e. The van der Waals surface area contributed by atoms with Crippen molar-refractivity contribution in [1.29, 1.82) is 0 Å². The summed E-state index contributed by atoms with van der Waals surface area (Å²) in [5.74, 6) is -0.128. The van der Waals surface area contributed by atoms with Crippen molar-refractivity contribution in [2.75, 3.05) is 0 Å². The molecule has 0 saturated carbocycles. The zero-order valence-electron chi connectivity index (χ0n) is 12.6.